The van der Waals surface area contributed by atoms with Gasteiger partial charge in [-0.1, -0.05) is 18.2 Å². The second-order valence-electron chi connectivity index (χ2n) is 4.43. The van der Waals surface area contributed by atoms with Crippen molar-refractivity contribution in [3.8, 4) is 5.69 Å². The summed E-state index contributed by atoms with van der Waals surface area (Å²) in [5, 5.41) is 7.41. The molecule has 0 amide bonds. The Kier molecular flexibility index (Phi) is 4.90. The van der Waals surface area contributed by atoms with E-state index in [1.807, 2.05) is 41.2 Å². The standard InChI is InChI=1S/C15H19N3O2/c1-3-20-15(19)12(2)16-11-13-7-4-5-8-14(13)18-10-6-9-17-18/h4-10,12,16H,3,11H2,1-2H3. The fraction of sp³-hybridized carbons (Fsp3) is 0.333. The van der Waals surface area contributed by atoms with Crippen LogP contribution in [0.25, 0.3) is 5.69 Å². The molecule has 5 heteroatoms. The molecule has 1 heterocycles. The van der Waals surface area contributed by atoms with Gasteiger partial charge in [0.15, 0.2) is 0 Å². The lowest BCUT2D eigenvalue weighted by Gasteiger charge is -2.14. The fourth-order valence-electron chi connectivity index (χ4n) is 1.91. The molecule has 0 fully saturated rings. The molecular formula is C15H19N3O2. The second kappa shape index (κ2) is 6.86. The zero-order valence-electron chi connectivity index (χ0n) is 11.7. The van der Waals surface area contributed by atoms with Crippen molar-refractivity contribution < 1.29 is 9.53 Å². The Hall–Kier alpha value is -2.14. The molecule has 1 unspecified atom stereocenters. The maximum absolute atomic E-state index is 11.6. The molecule has 1 aromatic carbocycles. The number of esters is 1. The first kappa shape index (κ1) is 14.3. The minimum Gasteiger partial charge on any atom is -0.465 e. The molecule has 0 saturated heterocycles. The molecule has 2 aromatic rings. The first-order valence-corrected chi connectivity index (χ1v) is 6.70. The SMILES string of the molecule is CCOC(=O)C(C)NCc1ccccc1-n1cccn1. The number of ether oxygens (including phenoxy) is 1. The summed E-state index contributed by atoms with van der Waals surface area (Å²) < 4.78 is 6.79. The number of hydrogen-bond acceptors (Lipinski definition) is 4. The van der Waals surface area contributed by atoms with E-state index in [0.717, 1.165) is 11.3 Å². The van der Waals surface area contributed by atoms with Crippen molar-refractivity contribution in [1.29, 1.82) is 0 Å². The van der Waals surface area contributed by atoms with Crippen LogP contribution in [0.4, 0.5) is 0 Å². The highest BCUT2D eigenvalue weighted by atomic mass is 16.5. The maximum atomic E-state index is 11.6. The van der Waals surface area contributed by atoms with Gasteiger partial charge in [0.2, 0.25) is 0 Å². The van der Waals surface area contributed by atoms with Gasteiger partial charge in [-0.3, -0.25) is 4.79 Å². The highest BCUT2D eigenvalue weighted by molar-refractivity contribution is 5.75. The lowest BCUT2D eigenvalue weighted by atomic mass is 10.1. The number of aromatic nitrogens is 2. The van der Waals surface area contributed by atoms with E-state index in [-0.39, 0.29) is 12.0 Å². The van der Waals surface area contributed by atoms with Crippen LogP contribution in [0.3, 0.4) is 0 Å². The third-order valence-electron chi connectivity index (χ3n) is 2.98. The van der Waals surface area contributed by atoms with Crippen LogP contribution in [-0.4, -0.2) is 28.4 Å². The van der Waals surface area contributed by atoms with Crippen molar-refractivity contribution in [2.75, 3.05) is 6.61 Å². The van der Waals surface area contributed by atoms with Crippen LogP contribution in [-0.2, 0) is 16.1 Å². The normalized spacial score (nSPS) is 12.1. The van der Waals surface area contributed by atoms with Gasteiger partial charge in [0, 0.05) is 18.9 Å². The van der Waals surface area contributed by atoms with E-state index < -0.39 is 0 Å². The molecule has 0 radical (unpaired) electrons. The van der Waals surface area contributed by atoms with Gasteiger partial charge in [-0.15, -0.1) is 0 Å². The molecule has 1 aromatic heterocycles. The van der Waals surface area contributed by atoms with Crippen molar-refractivity contribution in [1.82, 2.24) is 15.1 Å². The molecule has 0 bridgehead atoms. The van der Waals surface area contributed by atoms with E-state index in [9.17, 15) is 4.79 Å². The number of benzene rings is 1. The molecule has 20 heavy (non-hydrogen) atoms. The first-order chi connectivity index (χ1) is 9.72. The molecule has 5 nitrogen and oxygen atoms in total. The zero-order valence-corrected chi connectivity index (χ0v) is 11.7. The summed E-state index contributed by atoms with van der Waals surface area (Å²) in [7, 11) is 0. The Bertz CT molecular complexity index is 552. The summed E-state index contributed by atoms with van der Waals surface area (Å²) in [5.41, 5.74) is 2.08. The Morgan fingerprint density at radius 3 is 2.90 bits per heavy atom. The predicted octanol–water partition coefficient (Wildman–Crippen LogP) is 1.91. The summed E-state index contributed by atoms with van der Waals surface area (Å²) in [6, 6.07) is 9.50. The van der Waals surface area contributed by atoms with Crippen molar-refractivity contribution >= 4 is 5.97 Å². The van der Waals surface area contributed by atoms with Crippen LogP contribution in [0.1, 0.15) is 19.4 Å². The van der Waals surface area contributed by atoms with E-state index in [2.05, 4.69) is 10.4 Å². The van der Waals surface area contributed by atoms with Crippen LogP contribution >= 0.6 is 0 Å². The lowest BCUT2D eigenvalue weighted by Crippen LogP contribution is -2.35. The number of rotatable bonds is 6. The molecule has 1 atom stereocenters. The van der Waals surface area contributed by atoms with Crippen LogP contribution in [0.2, 0.25) is 0 Å². The number of nitrogens with one attached hydrogen (secondary N) is 1. The van der Waals surface area contributed by atoms with Gasteiger partial charge in [-0.2, -0.15) is 5.10 Å². The molecule has 0 aliphatic carbocycles. The van der Waals surface area contributed by atoms with Gasteiger partial charge < -0.3 is 10.1 Å². The smallest absolute Gasteiger partial charge is 0.322 e. The predicted molar refractivity (Wildman–Crippen MR) is 76.5 cm³/mol. The molecule has 0 aliphatic rings. The summed E-state index contributed by atoms with van der Waals surface area (Å²) in [6.45, 7) is 4.58. The lowest BCUT2D eigenvalue weighted by molar-refractivity contribution is -0.145. The van der Waals surface area contributed by atoms with Gasteiger partial charge in [-0.25, -0.2) is 4.68 Å². The van der Waals surface area contributed by atoms with E-state index in [1.54, 1.807) is 20.0 Å². The Labute approximate surface area is 118 Å². The minimum absolute atomic E-state index is 0.232. The van der Waals surface area contributed by atoms with Gasteiger partial charge >= 0.3 is 5.97 Å². The average Bonchev–Trinajstić information content (AvgIpc) is 2.99. The highest BCUT2D eigenvalue weighted by Crippen LogP contribution is 2.13. The number of carbonyl (C=O) groups excluding carboxylic acids is 1. The monoisotopic (exact) mass is 273 g/mol. The summed E-state index contributed by atoms with van der Waals surface area (Å²) in [4.78, 5) is 11.6. The summed E-state index contributed by atoms with van der Waals surface area (Å²) in [5.74, 6) is -0.232. The molecule has 0 saturated carbocycles. The number of carbonyl (C=O) groups is 1. The number of nitrogens with zero attached hydrogens (tertiary/aromatic N) is 2. The Morgan fingerprint density at radius 1 is 1.40 bits per heavy atom. The van der Waals surface area contributed by atoms with E-state index >= 15 is 0 Å². The molecule has 106 valence electrons. The summed E-state index contributed by atoms with van der Waals surface area (Å²) >= 11 is 0. The molecule has 0 spiro atoms. The Morgan fingerprint density at radius 2 is 2.20 bits per heavy atom. The van der Waals surface area contributed by atoms with Crippen LogP contribution < -0.4 is 5.32 Å². The van der Waals surface area contributed by atoms with Gasteiger partial charge in [0.05, 0.1) is 12.3 Å². The van der Waals surface area contributed by atoms with Gasteiger partial charge in [0.25, 0.3) is 0 Å². The average molecular weight is 273 g/mol. The maximum Gasteiger partial charge on any atom is 0.322 e. The van der Waals surface area contributed by atoms with E-state index in [1.165, 1.54) is 0 Å². The zero-order chi connectivity index (χ0) is 14.4. The molecule has 1 N–H and O–H groups in total. The third-order valence-corrected chi connectivity index (χ3v) is 2.98. The molecular weight excluding hydrogens is 254 g/mol. The molecule has 0 aliphatic heterocycles. The summed E-state index contributed by atoms with van der Waals surface area (Å²) in [6.07, 6.45) is 3.64. The quantitative estimate of drug-likeness (QED) is 0.817. The van der Waals surface area contributed by atoms with Crippen molar-refractivity contribution in [3.63, 3.8) is 0 Å². The largest absolute Gasteiger partial charge is 0.465 e. The van der Waals surface area contributed by atoms with Crippen molar-refractivity contribution in [2.24, 2.45) is 0 Å². The highest BCUT2D eigenvalue weighted by Gasteiger charge is 2.13. The van der Waals surface area contributed by atoms with Gasteiger partial charge in [0.1, 0.15) is 6.04 Å². The van der Waals surface area contributed by atoms with Crippen molar-refractivity contribution in [3.05, 3.63) is 48.3 Å². The fourth-order valence-corrected chi connectivity index (χ4v) is 1.91. The van der Waals surface area contributed by atoms with Crippen LogP contribution in [0.5, 0.6) is 0 Å². The second-order valence-corrected chi connectivity index (χ2v) is 4.43. The Balaban J connectivity index is 2.05. The van der Waals surface area contributed by atoms with Gasteiger partial charge in [-0.05, 0) is 31.5 Å². The van der Waals surface area contributed by atoms with Crippen LogP contribution in [0, 0.1) is 0 Å². The van der Waals surface area contributed by atoms with E-state index in [0.29, 0.717) is 13.2 Å². The van der Waals surface area contributed by atoms with Crippen molar-refractivity contribution in [2.45, 2.75) is 26.4 Å². The first-order valence-electron chi connectivity index (χ1n) is 6.70. The van der Waals surface area contributed by atoms with E-state index in [4.69, 9.17) is 4.74 Å². The third kappa shape index (κ3) is 3.45. The van der Waals surface area contributed by atoms with Crippen LogP contribution in [0.15, 0.2) is 42.7 Å². The molecule has 2 rings (SSSR count). The number of para-hydroxylation sites is 1. The minimum atomic E-state index is -0.333. The topological polar surface area (TPSA) is 56.1 Å². The number of hydrogen-bond donors (Lipinski definition) is 1.